The number of hydrogen-bond donors (Lipinski definition) is 2. The number of piperazine rings is 1. The summed E-state index contributed by atoms with van der Waals surface area (Å²) in [5, 5.41) is 6.40. The molecule has 6 nitrogen and oxygen atoms in total. The Balaban J connectivity index is 1.50. The Labute approximate surface area is 224 Å². The topological polar surface area (TPSA) is 64.7 Å². The third kappa shape index (κ3) is 5.82. The molecule has 5 atom stereocenters. The predicted molar refractivity (Wildman–Crippen MR) is 142 cm³/mol. The van der Waals surface area contributed by atoms with E-state index in [1.165, 1.54) is 12.1 Å². The van der Waals surface area contributed by atoms with Crippen molar-refractivity contribution in [2.75, 3.05) is 39.8 Å². The third-order valence-electron chi connectivity index (χ3n) is 9.94. The molecule has 0 spiro atoms. The van der Waals surface area contributed by atoms with E-state index in [9.17, 15) is 22.8 Å². The summed E-state index contributed by atoms with van der Waals surface area (Å²) in [4.78, 5) is 30.3. The maximum absolute atomic E-state index is 13.2. The number of carbonyl (C=O) groups excluding carboxylic acids is 2. The van der Waals surface area contributed by atoms with Crippen molar-refractivity contribution >= 4 is 11.9 Å². The molecule has 1 aliphatic heterocycles. The number of rotatable bonds is 4. The molecule has 1 aromatic rings. The number of halogens is 3. The summed E-state index contributed by atoms with van der Waals surface area (Å²) >= 11 is 0. The van der Waals surface area contributed by atoms with E-state index >= 15 is 0 Å². The number of amides is 3. The van der Waals surface area contributed by atoms with Crippen LogP contribution in [0.5, 0.6) is 0 Å². The van der Waals surface area contributed by atoms with Crippen LogP contribution in [0.4, 0.5) is 18.0 Å². The van der Waals surface area contributed by atoms with Crippen LogP contribution in [0, 0.1) is 28.6 Å². The third-order valence-corrected chi connectivity index (χ3v) is 9.94. The first-order valence-electron chi connectivity index (χ1n) is 13.9. The first-order chi connectivity index (χ1) is 17.7. The number of hydrogen-bond acceptors (Lipinski definition) is 3. The van der Waals surface area contributed by atoms with Crippen molar-refractivity contribution in [3.63, 3.8) is 0 Å². The van der Waals surface area contributed by atoms with Gasteiger partial charge in [0.2, 0.25) is 0 Å². The molecule has 1 unspecified atom stereocenters. The van der Waals surface area contributed by atoms with Gasteiger partial charge in [0.05, 0.1) is 5.56 Å². The van der Waals surface area contributed by atoms with E-state index in [1.54, 1.807) is 0 Å². The summed E-state index contributed by atoms with van der Waals surface area (Å²) in [5.41, 5.74) is -0.454. The average molecular weight is 537 g/mol. The highest BCUT2D eigenvalue weighted by atomic mass is 19.4. The van der Waals surface area contributed by atoms with E-state index in [2.05, 4.69) is 50.3 Å². The van der Waals surface area contributed by atoms with Crippen LogP contribution in [0.15, 0.2) is 24.3 Å². The lowest BCUT2D eigenvalue weighted by atomic mass is 9.45. The Kier molecular flexibility index (Phi) is 8.09. The minimum atomic E-state index is -4.44. The molecule has 3 amide bonds. The minimum Gasteiger partial charge on any atom is -0.352 e. The van der Waals surface area contributed by atoms with E-state index in [0.717, 1.165) is 50.9 Å². The molecular weight excluding hydrogens is 493 g/mol. The molecule has 0 aromatic heterocycles. The Morgan fingerprint density at radius 3 is 2.26 bits per heavy atom. The van der Waals surface area contributed by atoms with Gasteiger partial charge >= 0.3 is 12.2 Å². The zero-order chi connectivity index (χ0) is 27.9. The second kappa shape index (κ2) is 10.7. The first-order valence-corrected chi connectivity index (χ1v) is 13.9. The van der Waals surface area contributed by atoms with Crippen LogP contribution in [0.1, 0.15) is 69.3 Å². The SMILES string of the molecule is C[C@@H]1[C@H](NC(=O)N2CCN(C)CC2)CC2C(C)(C)CCC[C@]2(C)[C@H]1CNC(=O)c1ccc(C(F)(F)F)cc1. The second-order valence-electron chi connectivity index (χ2n) is 12.7. The highest BCUT2D eigenvalue weighted by Crippen LogP contribution is 2.61. The molecule has 1 aromatic carbocycles. The molecule has 1 heterocycles. The lowest BCUT2D eigenvalue weighted by Gasteiger charge is -2.61. The van der Waals surface area contributed by atoms with Crippen LogP contribution in [0.3, 0.4) is 0 Å². The molecule has 38 heavy (non-hydrogen) atoms. The van der Waals surface area contributed by atoms with Gasteiger partial charge in [-0.15, -0.1) is 0 Å². The van der Waals surface area contributed by atoms with Crippen LogP contribution < -0.4 is 10.6 Å². The highest BCUT2D eigenvalue weighted by Gasteiger charge is 2.56. The lowest BCUT2D eigenvalue weighted by molar-refractivity contribution is -0.137. The van der Waals surface area contributed by atoms with Crippen molar-refractivity contribution in [3.05, 3.63) is 35.4 Å². The van der Waals surface area contributed by atoms with Gasteiger partial charge in [0.25, 0.3) is 5.91 Å². The average Bonchev–Trinajstić information content (AvgIpc) is 2.84. The summed E-state index contributed by atoms with van der Waals surface area (Å²) in [6.07, 6.45) is -0.216. The summed E-state index contributed by atoms with van der Waals surface area (Å²) in [5.74, 6) is 0.266. The van der Waals surface area contributed by atoms with Gasteiger partial charge in [-0.1, -0.05) is 34.1 Å². The molecule has 9 heteroatoms. The smallest absolute Gasteiger partial charge is 0.352 e. The molecule has 2 saturated carbocycles. The van der Waals surface area contributed by atoms with E-state index < -0.39 is 11.7 Å². The Hall–Kier alpha value is -2.29. The molecular formula is C29H43F3N4O2. The van der Waals surface area contributed by atoms with Crippen LogP contribution in [0.25, 0.3) is 0 Å². The van der Waals surface area contributed by atoms with Crippen molar-refractivity contribution in [1.82, 2.24) is 20.4 Å². The summed E-state index contributed by atoms with van der Waals surface area (Å²) in [6.45, 7) is 12.7. The molecule has 3 aliphatic rings. The number of fused-ring (bicyclic) bond motifs is 1. The van der Waals surface area contributed by atoms with Crippen LogP contribution >= 0.6 is 0 Å². The molecule has 3 fully saturated rings. The van der Waals surface area contributed by atoms with Crippen molar-refractivity contribution < 1.29 is 22.8 Å². The van der Waals surface area contributed by atoms with Gasteiger partial charge in [0.1, 0.15) is 0 Å². The van der Waals surface area contributed by atoms with Crippen molar-refractivity contribution in [3.8, 4) is 0 Å². The number of carbonyl (C=O) groups is 2. The molecule has 212 valence electrons. The predicted octanol–water partition coefficient (Wildman–Crippen LogP) is 5.25. The lowest BCUT2D eigenvalue weighted by Crippen LogP contribution is -2.62. The summed E-state index contributed by atoms with van der Waals surface area (Å²) in [7, 11) is 2.06. The fraction of sp³-hybridized carbons (Fsp3) is 0.724. The number of urea groups is 1. The van der Waals surface area contributed by atoms with Gasteiger partial charge in [-0.2, -0.15) is 13.2 Å². The minimum absolute atomic E-state index is 0.00872. The van der Waals surface area contributed by atoms with Gasteiger partial charge in [0, 0.05) is 44.3 Å². The van der Waals surface area contributed by atoms with E-state index in [1.807, 2.05) is 4.90 Å². The normalized spacial score (nSPS) is 31.8. The van der Waals surface area contributed by atoms with Crippen molar-refractivity contribution in [2.45, 2.75) is 65.6 Å². The summed E-state index contributed by atoms with van der Waals surface area (Å²) in [6, 6.07) is 4.34. The molecule has 2 N–H and O–H groups in total. The molecule has 0 bridgehead atoms. The fourth-order valence-electron chi connectivity index (χ4n) is 7.53. The molecule has 1 saturated heterocycles. The van der Waals surface area contributed by atoms with Crippen LogP contribution in [-0.2, 0) is 6.18 Å². The fourth-order valence-corrected chi connectivity index (χ4v) is 7.53. The van der Waals surface area contributed by atoms with Crippen LogP contribution in [-0.4, -0.2) is 67.6 Å². The second-order valence-corrected chi connectivity index (χ2v) is 12.7. The highest BCUT2D eigenvalue weighted by molar-refractivity contribution is 5.94. The van der Waals surface area contributed by atoms with Crippen molar-refractivity contribution in [2.24, 2.45) is 28.6 Å². The Bertz CT molecular complexity index is 1000. The molecule has 0 radical (unpaired) electrons. The van der Waals surface area contributed by atoms with E-state index in [4.69, 9.17) is 0 Å². The molecule has 4 rings (SSSR count). The van der Waals surface area contributed by atoms with Crippen molar-refractivity contribution in [1.29, 1.82) is 0 Å². The van der Waals surface area contributed by atoms with E-state index in [-0.39, 0.29) is 46.2 Å². The van der Waals surface area contributed by atoms with Crippen LogP contribution in [0.2, 0.25) is 0 Å². The Morgan fingerprint density at radius 2 is 1.66 bits per heavy atom. The zero-order valence-electron chi connectivity index (χ0n) is 23.3. The van der Waals surface area contributed by atoms with Gasteiger partial charge in [-0.05, 0) is 79.2 Å². The first kappa shape index (κ1) is 28.7. The number of likely N-dealkylation sites (N-methyl/N-ethyl adjacent to an activating group) is 1. The number of benzene rings is 1. The Morgan fingerprint density at radius 1 is 1.03 bits per heavy atom. The van der Waals surface area contributed by atoms with Gasteiger partial charge < -0.3 is 20.4 Å². The van der Waals surface area contributed by atoms with Gasteiger partial charge in [-0.25, -0.2) is 4.79 Å². The quantitative estimate of drug-likeness (QED) is 0.553. The molecule has 2 aliphatic carbocycles. The monoisotopic (exact) mass is 536 g/mol. The maximum Gasteiger partial charge on any atom is 0.416 e. The largest absolute Gasteiger partial charge is 0.416 e. The number of nitrogens with one attached hydrogen (secondary N) is 2. The standard InChI is InChI=1S/C29H43F3N4O2/c1-19-22(18-33-25(37)20-7-9-21(10-8-20)29(30,31)32)28(4)12-6-11-27(2,3)24(28)17-23(19)34-26(38)36-15-13-35(5)14-16-36/h7-10,19,22-24H,6,11-18H2,1-5H3,(H,33,37)(H,34,38)/t19-,22-,23+,24?,28+/m0/s1. The summed E-state index contributed by atoms with van der Waals surface area (Å²) < 4.78 is 38.8. The number of nitrogens with zero attached hydrogens (tertiary/aromatic N) is 2. The van der Waals surface area contributed by atoms with Gasteiger partial charge in [-0.3, -0.25) is 4.79 Å². The zero-order valence-corrected chi connectivity index (χ0v) is 23.3. The maximum atomic E-state index is 13.2. The van der Waals surface area contributed by atoms with Gasteiger partial charge in [0.15, 0.2) is 0 Å². The number of alkyl halides is 3. The van der Waals surface area contributed by atoms with E-state index in [0.29, 0.717) is 25.6 Å².